The van der Waals surface area contributed by atoms with Crippen LogP contribution in [0.3, 0.4) is 0 Å². The molecule has 1 aliphatic carbocycles. The molecule has 4 aromatic rings. The van der Waals surface area contributed by atoms with E-state index in [2.05, 4.69) is 25.6 Å². The summed E-state index contributed by atoms with van der Waals surface area (Å²) >= 11 is 0. The number of halogens is 2. The van der Waals surface area contributed by atoms with Crippen molar-refractivity contribution in [3.8, 4) is 11.5 Å². The standard InChI is InChI=1S/C23H17F2N5O3/c24-15-10-20(33-14-5-6-26-21(8-14)30-22(31)12-1-2-12)16(25)9-18(15)29-23(32)13-3-4-17-19(7-13)28-11-27-17/h3-12H,1-2H2,(H,27,28)(H,29,32)(H,26,30,31). The maximum absolute atomic E-state index is 14.6. The van der Waals surface area contributed by atoms with Crippen LogP contribution < -0.4 is 15.4 Å². The molecule has 1 aliphatic rings. The quantitative estimate of drug-likeness (QED) is 0.398. The molecule has 8 nitrogen and oxygen atoms in total. The number of nitrogens with one attached hydrogen (secondary N) is 3. The van der Waals surface area contributed by atoms with Crippen LogP contribution in [-0.2, 0) is 4.79 Å². The highest BCUT2D eigenvalue weighted by molar-refractivity contribution is 6.06. The highest BCUT2D eigenvalue weighted by Crippen LogP contribution is 2.32. The Morgan fingerprint density at radius 1 is 1.00 bits per heavy atom. The van der Waals surface area contributed by atoms with E-state index in [1.54, 1.807) is 12.1 Å². The van der Waals surface area contributed by atoms with E-state index in [4.69, 9.17) is 4.74 Å². The lowest BCUT2D eigenvalue weighted by Crippen LogP contribution is -2.14. The Morgan fingerprint density at radius 3 is 2.67 bits per heavy atom. The van der Waals surface area contributed by atoms with Gasteiger partial charge in [-0.25, -0.2) is 18.7 Å². The van der Waals surface area contributed by atoms with Crippen LogP contribution in [0, 0.1) is 17.6 Å². The normalized spacial score (nSPS) is 13.0. The lowest BCUT2D eigenvalue weighted by molar-refractivity contribution is -0.117. The number of anilines is 2. The van der Waals surface area contributed by atoms with Crippen LogP contribution >= 0.6 is 0 Å². The number of hydrogen-bond donors (Lipinski definition) is 3. The summed E-state index contributed by atoms with van der Waals surface area (Å²) in [7, 11) is 0. The van der Waals surface area contributed by atoms with Gasteiger partial charge in [-0.3, -0.25) is 9.59 Å². The summed E-state index contributed by atoms with van der Waals surface area (Å²) in [6.07, 6.45) is 4.56. The van der Waals surface area contributed by atoms with Crippen molar-refractivity contribution in [1.82, 2.24) is 15.0 Å². The first-order chi connectivity index (χ1) is 16.0. The maximum Gasteiger partial charge on any atom is 0.255 e. The Balaban J connectivity index is 1.31. The van der Waals surface area contributed by atoms with Crippen LogP contribution in [0.15, 0.2) is 55.0 Å². The molecule has 0 atom stereocenters. The molecule has 0 bridgehead atoms. The number of amides is 2. The molecule has 1 fully saturated rings. The van der Waals surface area contributed by atoms with Crippen LogP contribution in [-0.4, -0.2) is 26.8 Å². The fraction of sp³-hybridized carbons (Fsp3) is 0.130. The first kappa shape index (κ1) is 20.6. The molecule has 5 rings (SSSR count). The van der Waals surface area contributed by atoms with Gasteiger partial charge in [0.1, 0.15) is 11.6 Å². The van der Waals surface area contributed by atoms with Gasteiger partial charge < -0.3 is 20.4 Å². The second-order valence-corrected chi connectivity index (χ2v) is 7.59. The monoisotopic (exact) mass is 449 g/mol. The van der Waals surface area contributed by atoms with Gasteiger partial charge in [0.25, 0.3) is 5.91 Å². The third-order valence-electron chi connectivity index (χ3n) is 5.11. The zero-order chi connectivity index (χ0) is 22.9. The minimum absolute atomic E-state index is 0.00734. The number of carbonyl (C=O) groups is 2. The van der Waals surface area contributed by atoms with Gasteiger partial charge in [0.05, 0.1) is 23.0 Å². The van der Waals surface area contributed by atoms with Gasteiger partial charge in [-0.2, -0.15) is 0 Å². The van der Waals surface area contributed by atoms with E-state index >= 15 is 0 Å². The summed E-state index contributed by atoms with van der Waals surface area (Å²) in [5, 5.41) is 5.02. The first-order valence-electron chi connectivity index (χ1n) is 10.1. The molecule has 2 aromatic heterocycles. The summed E-state index contributed by atoms with van der Waals surface area (Å²) in [4.78, 5) is 35.4. The molecule has 1 saturated carbocycles. The SMILES string of the molecule is O=C(Nc1cc(F)c(Oc2ccnc(NC(=O)C3CC3)c2)cc1F)c1ccc2nc[nH]c2c1. The Morgan fingerprint density at radius 2 is 1.85 bits per heavy atom. The first-order valence-corrected chi connectivity index (χ1v) is 10.1. The van der Waals surface area contributed by atoms with Crippen molar-refractivity contribution in [1.29, 1.82) is 0 Å². The number of aromatic nitrogens is 3. The van der Waals surface area contributed by atoms with Crippen LogP contribution in [0.4, 0.5) is 20.3 Å². The van der Waals surface area contributed by atoms with Crippen LogP contribution in [0.5, 0.6) is 11.5 Å². The number of hydrogen-bond acceptors (Lipinski definition) is 5. The second-order valence-electron chi connectivity index (χ2n) is 7.59. The molecule has 0 radical (unpaired) electrons. The predicted octanol–water partition coefficient (Wildman–Crippen LogP) is 4.63. The van der Waals surface area contributed by atoms with E-state index in [9.17, 15) is 18.4 Å². The van der Waals surface area contributed by atoms with Gasteiger partial charge in [0, 0.05) is 35.9 Å². The number of imidazole rings is 1. The fourth-order valence-corrected chi connectivity index (χ4v) is 3.22. The third kappa shape index (κ3) is 4.49. The van der Waals surface area contributed by atoms with Crippen molar-refractivity contribution < 1.29 is 23.1 Å². The highest BCUT2D eigenvalue weighted by Gasteiger charge is 2.29. The molecule has 2 amide bonds. The molecule has 0 aliphatic heterocycles. The van der Waals surface area contributed by atoms with E-state index in [0.717, 1.165) is 25.0 Å². The van der Waals surface area contributed by atoms with Crippen LogP contribution in [0.2, 0.25) is 0 Å². The number of nitrogens with zero attached hydrogens (tertiary/aromatic N) is 2. The van der Waals surface area contributed by atoms with Gasteiger partial charge in [0.15, 0.2) is 17.4 Å². The van der Waals surface area contributed by atoms with Crippen molar-refractivity contribution >= 4 is 34.4 Å². The average Bonchev–Trinajstić information content (AvgIpc) is 3.55. The summed E-state index contributed by atoms with van der Waals surface area (Å²) in [5.74, 6) is -2.47. The smallest absolute Gasteiger partial charge is 0.255 e. The summed E-state index contributed by atoms with van der Waals surface area (Å²) < 4.78 is 34.7. The Kier molecular flexibility index (Phi) is 5.17. The average molecular weight is 449 g/mol. The Labute approximate surface area is 186 Å². The highest BCUT2D eigenvalue weighted by atomic mass is 19.1. The van der Waals surface area contributed by atoms with Gasteiger partial charge >= 0.3 is 0 Å². The summed E-state index contributed by atoms with van der Waals surface area (Å²) in [6, 6.07) is 9.29. The summed E-state index contributed by atoms with van der Waals surface area (Å²) in [5.41, 5.74) is 1.24. The zero-order valence-electron chi connectivity index (χ0n) is 17.1. The molecule has 0 unspecified atom stereocenters. The molecular formula is C23H17F2N5O3. The van der Waals surface area contributed by atoms with Gasteiger partial charge in [0.2, 0.25) is 5.91 Å². The van der Waals surface area contributed by atoms with E-state index in [-0.39, 0.29) is 40.4 Å². The number of pyridine rings is 1. The van der Waals surface area contributed by atoms with Crippen molar-refractivity contribution in [3.63, 3.8) is 0 Å². The number of H-pyrrole nitrogens is 1. The van der Waals surface area contributed by atoms with Gasteiger partial charge in [-0.05, 0) is 37.1 Å². The zero-order valence-corrected chi connectivity index (χ0v) is 17.1. The molecule has 166 valence electrons. The number of rotatable bonds is 6. The number of benzene rings is 2. The van der Waals surface area contributed by atoms with Crippen molar-refractivity contribution in [2.24, 2.45) is 5.92 Å². The second kappa shape index (κ2) is 8.30. The van der Waals surface area contributed by atoms with Gasteiger partial charge in [-0.1, -0.05) is 0 Å². The van der Waals surface area contributed by atoms with Crippen molar-refractivity contribution in [2.75, 3.05) is 10.6 Å². The van der Waals surface area contributed by atoms with Crippen LogP contribution in [0.25, 0.3) is 11.0 Å². The molecule has 2 aromatic carbocycles. The van der Waals surface area contributed by atoms with E-state index in [1.165, 1.54) is 30.7 Å². The van der Waals surface area contributed by atoms with E-state index < -0.39 is 17.5 Å². The lowest BCUT2D eigenvalue weighted by Gasteiger charge is -2.12. The molecule has 3 N–H and O–H groups in total. The predicted molar refractivity (Wildman–Crippen MR) is 116 cm³/mol. The molecule has 10 heteroatoms. The Bertz CT molecular complexity index is 1380. The minimum atomic E-state index is -0.879. The number of aromatic amines is 1. The largest absolute Gasteiger partial charge is 0.454 e. The summed E-state index contributed by atoms with van der Waals surface area (Å²) in [6.45, 7) is 0. The Hall–Kier alpha value is -4.34. The van der Waals surface area contributed by atoms with E-state index in [0.29, 0.717) is 11.0 Å². The number of carbonyl (C=O) groups excluding carboxylic acids is 2. The molecule has 2 heterocycles. The van der Waals surface area contributed by atoms with Crippen molar-refractivity contribution in [3.05, 3.63) is 72.2 Å². The maximum atomic E-state index is 14.6. The van der Waals surface area contributed by atoms with Crippen molar-refractivity contribution in [2.45, 2.75) is 12.8 Å². The third-order valence-corrected chi connectivity index (χ3v) is 5.11. The molecule has 0 spiro atoms. The number of ether oxygens (including phenoxy) is 1. The molecule has 0 saturated heterocycles. The number of fused-ring (bicyclic) bond motifs is 1. The van der Waals surface area contributed by atoms with Gasteiger partial charge in [-0.15, -0.1) is 0 Å². The van der Waals surface area contributed by atoms with Crippen LogP contribution in [0.1, 0.15) is 23.2 Å². The lowest BCUT2D eigenvalue weighted by atomic mass is 10.2. The molecular weight excluding hydrogens is 432 g/mol. The fourth-order valence-electron chi connectivity index (χ4n) is 3.22. The van der Waals surface area contributed by atoms with E-state index in [1.807, 2.05) is 0 Å². The minimum Gasteiger partial charge on any atom is -0.454 e. The molecule has 33 heavy (non-hydrogen) atoms. The topological polar surface area (TPSA) is 109 Å².